The molecule has 0 aliphatic carbocycles. The van der Waals surface area contributed by atoms with Gasteiger partial charge in [0, 0.05) is 26.6 Å². The van der Waals surface area contributed by atoms with E-state index >= 15 is 0 Å². The summed E-state index contributed by atoms with van der Waals surface area (Å²) in [6.07, 6.45) is 2.51. The molecule has 1 saturated heterocycles. The van der Waals surface area contributed by atoms with E-state index in [0.29, 0.717) is 30.7 Å². The van der Waals surface area contributed by atoms with Gasteiger partial charge in [0.15, 0.2) is 5.82 Å². The Morgan fingerprint density at radius 1 is 1.46 bits per heavy atom. The normalized spacial score (nSPS) is 18.3. The maximum absolute atomic E-state index is 12.5. The lowest BCUT2D eigenvalue weighted by Crippen LogP contribution is -2.39. The smallest absolute Gasteiger partial charge is 0.339 e. The monoisotopic (exact) mass is 334 g/mol. The van der Waals surface area contributed by atoms with Crippen molar-refractivity contribution in [2.45, 2.75) is 39.0 Å². The fraction of sp³-hybridized carbons (Fsp3) is 0.667. The van der Waals surface area contributed by atoms with Gasteiger partial charge in [0.05, 0.1) is 5.92 Å². The Morgan fingerprint density at radius 2 is 2.25 bits per heavy atom. The number of likely N-dealkylation sites (tertiary alicyclic amines) is 1. The number of nitrogens with one attached hydrogen (secondary N) is 1. The summed E-state index contributed by atoms with van der Waals surface area (Å²) in [5, 5.41) is 7.95. The van der Waals surface area contributed by atoms with Crippen LogP contribution in [0.5, 0.6) is 0 Å². The van der Waals surface area contributed by atoms with Crippen molar-refractivity contribution >= 4 is 5.91 Å². The Kier molecular flexibility index (Phi) is 4.50. The molecular formula is C15H22N6O3. The topological polar surface area (TPSA) is 110 Å². The number of carbonyl (C=O) groups excluding carboxylic acids is 1. The molecule has 0 saturated carbocycles. The molecule has 9 heteroatoms. The zero-order valence-corrected chi connectivity index (χ0v) is 14.2. The average molecular weight is 334 g/mol. The molecular weight excluding hydrogens is 312 g/mol. The number of amides is 1. The van der Waals surface area contributed by atoms with Crippen LogP contribution in [0.1, 0.15) is 54.9 Å². The maximum atomic E-state index is 12.5. The van der Waals surface area contributed by atoms with E-state index in [1.807, 2.05) is 0 Å². The highest BCUT2D eigenvalue weighted by Gasteiger charge is 2.30. The molecule has 2 aromatic rings. The van der Waals surface area contributed by atoms with Crippen molar-refractivity contribution in [3.05, 3.63) is 28.0 Å². The van der Waals surface area contributed by atoms with Gasteiger partial charge in [-0.05, 0) is 18.8 Å². The van der Waals surface area contributed by atoms with E-state index in [-0.39, 0.29) is 17.6 Å². The van der Waals surface area contributed by atoms with E-state index in [1.54, 1.807) is 4.90 Å². The van der Waals surface area contributed by atoms with Crippen LogP contribution in [-0.4, -0.2) is 48.8 Å². The summed E-state index contributed by atoms with van der Waals surface area (Å²) < 4.78 is 6.50. The molecule has 130 valence electrons. The molecule has 0 radical (unpaired) electrons. The number of hydrogen-bond donors (Lipinski definition) is 1. The number of H-pyrrole nitrogens is 1. The van der Waals surface area contributed by atoms with Crippen LogP contribution in [0, 0.1) is 5.92 Å². The predicted octanol–water partition coefficient (Wildman–Crippen LogP) is 0.710. The number of rotatable bonds is 4. The zero-order valence-electron chi connectivity index (χ0n) is 14.2. The third kappa shape index (κ3) is 3.39. The van der Waals surface area contributed by atoms with Crippen molar-refractivity contribution in [3.63, 3.8) is 0 Å². The van der Waals surface area contributed by atoms with Gasteiger partial charge in [0.1, 0.15) is 0 Å². The molecule has 0 spiro atoms. The molecule has 1 N–H and O–H groups in total. The number of carbonyl (C=O) groups is 1. The van der Waals surface area contributed by atoms with E-state index in [4.69, 9.17) is 4.52 Å². The largest absolute Gasteiger partial charge is 0.343 e. The average Bonchev–Trinajstić information content (AvgIpc) is 3.13. The summed E-state index contributed by atoms with van der Waals surface area (Å²) >= 11 is 0. The Labute approximate surface area is 139 Å². The van der Waals surface area contributed by atoms with Crippen molar-refractivity contribution < 1.29 is 9.32 Å². The number of nitrogens with zero attached hydrogens (tertiary/aromatic N) is 5. The lowest BCUT2D eigenvalue weighted by atomic mass is 9.98. The van der Waals surface area contributed by atoms with Crippen LogP contribution in [0.15, 0.2) is 9.32 Å². The molecule has 9 nitrogen and oxygen atoms in total. The van der Waals surface area contributed by atoms with Crippen LogP contribution in [-0.2, 0) is 13.5 Å². The molecule has 1 unspecified atom stereocenters. The van der Waals surface area contributed by atoms with E-state index in [9.17, 15) is 9.59 Å². The second-order valence-electron chi connectivity index (χ2n) is 6.64. The standard InChI is InChI=1S/C15H22N6O3/c1-9(2)7-11-16-13(24-19-11)10-5-4-6-21(8-10)14(22)12-17-15(23)20(3)18-12/h9-10H,4-8H2,1-3H3,(H,17,18,23). The van der Waals surface area contributed by atoms with Gasteiger partial charge in [-0.1, -0.05) is 19.0 Å². The highest BCUT2D eigenvalue weighted by molar-refractivity contribution is 5.90. The Hall–Kier alpha value is -2.45. The Morgan fingerprint density at radius 3 is 2.92 bits per heavy atom. The first kappa shape index (κ1) is 16.4. The summed E-state index contributed by atoms with van der Waals surface area (Å²) in [5.74, 6) is 1.55. The molecule has 2 aromatic heterocycles. The van der Waals surface area contributed by atoms with Crippen LogP contribution in [0.4, 0.5) is 0 Å². The molecule has 3 heterocycles. The van der Waals surface area contributed by atoms with Gasteiger partial charge < -0.3 is 9.42 Å². The third-order valence-corrected chi connectivity index (χ3v) is 4.10. The molecule has 0 aromatic carbocycles. The highest BCUT2D eigenvalue weighted by Crippen LogP contribution is 2.26. The number of aromatic nitrogens is 5. The summed E-state index contributed by atoms with van der Waals surface area (Å²) in [4.78, 5) is 32.6. The van der Waals surface area contributed by atoms with Crippen molar-refractivity contribution in [1.29, 1.82) is 0 Å². The van der Waals surface area contributed by atoms with Crippen molar-refractivity contribution in [2.24, 2.45) is 13.0 Å². The number of aromatic amines is 1. The predicted molar refractivity (Wildman–Crippen MR) is 84.5 cm³/mol. The second kappa shape index (κ2) is 6.58. The van der Waals surface area contributed by atoms with Gasteiger partial charge in [-0.2, -0.15) is 4.98 Å². The Bertz CT molecular complexity index is 774. The van der Waals surface area contributed by atoms with Crippen LogP contribution < -0.4 is 5.69 Å². The lowest BCUT2D eigenvalue weighted by molar-refractivity contribution is 0.0683. The molecule has 1 aliphatic heterocycles. The minimum absolute atomic E-state index is 0.0200. The van der Waals surface area contributed by atoms with Crippen LogP contribution in [0.25, 0.3) is 0 Å². The molecule has 0 bridgehead atoms. The summed E-state index contributed by atoms with van der Waals surface area (Å²) in [7, 11) is 1.50. The third-order valence-electron chi connectivity index (χ3n) is 4.10. The zero-order chi connectivity index (χ0) is 17.3. The lowest BCUT2D eigenvalue weighted by Gasteiger charge is -2.30. The first-order valence-corrected chi connectivity index (χ1v) is 8.19. The van der Waals surface area contributed by atoms with Crippen LogP contribution in [0.3, 0.4) is 0 Å². The number of aryl methyl sites for hydroxylation is 1. The van der Waals surface area contributed by atoms with E-state index in [2.05, 4.69) is 34.1 Å². The van der Waals surface area contributed by atoms with E-state index < -0.39 is 5.69 Å². The molecule has 1 amide bonds. The molecule has 1 fully saturated rings. The number of piperidine rings is 1. The molecule has 3 rings (SSSR count). The van der Waals surface area contributed by atoms with Gasteiger partial charge in [0.2, 0.25) is 11.7 Å². The van der Waals surface area contributed by atoms with Gasteiger partial charge >= 0.3 is 5.69 Å². The van der Waals surface area contributed by atoms with Crippen molar-refractivity contribution in [3.8, 4) is 0 Å². The van der Waals surface area contributed by atoms with Crippen LogP contribution >= 0.6 is 0 Å². The SMILES string of the molecule is CC(C)Cc1noc(C2CCCN(C(=O)c3nn(C)c(=O)[nH]3)C2)n1. The van der Waals surface area contributed by atoms with Crippen LogP contribution in [0.2, 0.25) is 0 Å². The van der Waals surface area contributed by atoms with Crippen molar-refractivity contribution in [1.82, 2.24) is 29.8 Å². The molecule has 1 atom stereocenters. The van der Waals surface area contributed by atoms with Gasteiger partial charge in [-0.25, -0.2) is 9.48 Å². The van der Waals surface area contributed by atoms with Crippen molar-refractivity contribution in [2.75, 3.05) is 13.1 Å². The van der Waals surface area contributed by atoms with E-state index in [0.717, 1.165) is 23.9 Å². The first-order valence-electron chi connectivity index (χ1n) is 8.19. The summed E-state index contributed by atoms with van der Waals surface area (Å²) in [6.45, 7) is 5.32. The van der Waals surface area contributed by atoms with Gasteiger partial charge in [-0.15, -0.1) is 5.10 Å². The minimum atomic E-state index is -0.401. The Balaban J connectivity index is 1.71. The van der Waals surface area contributed by atoms with E-state index in [1.165, 1.54) is 7.05 Å². The highest BCUT2D eigenvalue weighted by atomic mass is 16.5. The van der Waals surface area contributed by atoms with Gasteiger partial charge in [0.25, 0.3) is 5.91 Å². The summed E-state index contributed by atoms with van der Waals surface area (Å²) in [5.41, 5.74) is -0.401. The molecule has 24 heavy (non-hydrogen) atoms. The second-order valence-corrected chi connectivity index (χ2v) is 6.64. The fourth-order valence-electron chi connectivity index (χ4n) is 2.89. The first-order chi connectivity index (χ1) is 11.4. The summed E-state index contributed by atoms with van der Waals surface area (Å²) in [6, 6.07) is 0. The quantitative estimate of drug-likeness (QED) is 0.882. The minimum Gasteiger partial charge on any atom is -0.339 e. The fourth-order valence-corrected chi connectivity index (χ4v) is 2.89. The molecule has 1 aliphatic rings. The number of hydrogen-bond acceptors (Lipinski definition) is 6. The maximum Gasteiger partial charge on any atom is 0.343 e. The van der Waals surface area contributed by atoms with Gasteiger partial charge in [-0.3, -0.25) is 9.78 Å².